The minimum atomic E-state index is 0.0362. The molecular formula is C12H13N3O. The van der Waals surface area contributed by atoms with Crippen LogP contribution < -0.4 is 10.5 Å². The van der Waals surface area contributed by atoms with E-state index in [4.69, 9.17) is 10.5 Å². The smallest absolute Gasteiger partial charge is 0.163 e. The van der Waals surface area contributed by atoms with E-state index < -0.39 is 0 Å². The van der Waals surface area contributed by atoms with Crippen LogP contribution in [-0.2, 0) is 0 Å². The normalized spacial score (nSPS) is 12.1. The van der Waals surface area contributed by atoms with Crippen LogP contribution in [-0.4, -0.2) is 9.97 Å². The van der Waals surface area contributed by atoms with Gasteiger partial charge in [0.05, 0.1) is 12.4 Å². The predicted octanol–water partition coefficient (Wildman–Crippen LogP) is 2.29. The largest absolute Gasteiger partial charge is 0.454 e. The van der Waals surface area contributed by atoms with Gasteiger partial charge in [0.15, 0.2) is 5.75 Å². The van der Waals surface area contributed by atoms with E-state index in [-0.39, 0.29) is 6.04 Å². The lowest BCUT2D eigenvalue weighted by Crippen LogP contribution is -2.04. The monoisotopic (exact) mass is 215 g/mol. The van der Waals surface area contributed by atoms with E-state index in [2.05, 4.69) is 9.97 Å². The van der Waals surface area contributed by atoms with Gasteiger partial charge in [-0.15, -0.1) is 0 Å². The zero-order valence-electron chi connectivity index (χ0n) is 9.00. The van der Waals surface area contributed by atoms with Gasteiger partial charge in [-0.3, -0.25) is 0 Å². The molecule has 0 saturated heterocycles. The van der Waals surface area contributed by atoms with Crippen molar-refractivity contribution in [1.29, 1.82) is 0 Å². The lowest BCUT2D eigenvalue weighted by Gasteiger charge is -2.07. The molecule has 4 nitrogen and oxygen atoms in total. The van der Waals surface area contributed by atoms with E-state index in [1.54, 1.807) is 12.4 Å². The van der Waals surface area contributed by atoms with Crippen molar-refractivity contribution in [1.82, 2.24) is 9.97 Å². The minimum absolute atomic E-state index is 0.0362. The number of hydrogen-bond donors (Lipinski definition) is 1. The van der Waals surface area contributed by atoms with Crippen molar-refractivity contribution in [3.05, 3.63) is 48.5 Å². The highest BCUT2D eigenvalue weighted by Crippen LogP contribution is 2.21. The first kappa shape index (κ1) is 10.6. The van der Waals surface area contributed by atoms with Gasteiger partial charge < -0.3 is 10.5 Å². The van der Waals surface area contributed by atoms with Gasteiger partial charge in [-0.2, -0.15) is 0 Å². The van der Waals surface area contributed by atoms with Gasteiger partial charge in [0.2, 0.25) is 0 Å². The van der Waals surface area contributed by atoms with E-state index in [1.165, 1.54) is 6.33 Å². The Balaban J connectivity index is 2.11. The summed E-state index contributed by atoms with van der Waals surface area (Å²) in [7, 11) is 0. The molecule has 0 bridgehead atoms. The Bertz CT molecular complexity index is 440. The molecule has 0 saturated carbocycles. The van der Waals surface area contributed by atoms with Gasteiger partial charge in [-0.05, 0) is 24.6 Å². The van der Waals surface area contributed by atoms with Gasteiger partial charge in [-0.1, -0.05) is 12.1 Å². The van der Waals surface area contributed by atoms with Crippen molar-refractivity contribution >= 4 is 0 Å². The summed E-state index contributed by atoms with van der Waals surface area (Å²) in [6.07, 6.45) is 4.70. The van der Waals surface area contributed by atoms with E-state index in [0.717, 1.165) is 11.3 Å². The second-order valence-electron chi connectivity index (χ2n) is 3.53. The zero-order chi connectivity index (χ0) is 11.4. The summed E-state index contributed by atoms with van der Waals surface area (Å²) in [5.41, 5.74) is 6.84. The van der Waals surface area contributed by atoms with E-state index in [1.807, 2.05) is 31.2 Å². The molecule has 16 heavy (non-hydrogen) atoms. The highest BCUT2D eigenvalue weighted by atomic mass is 16.5. The average molecular weight is 215 g/mol. The Morgan fingerprint density at radius 2 is 1.69 bits per heavy atom. The Kier molecular flexibility index (Phi) is 3.12. The molecule has 0 fully saturated rings. The fourth-order valence-corrected chi connectivity index (χ4v) is 1.31. The van der Waals surface area contributed by atoms with Crippen molar-refractivity contribution < 1.29 is 4.74 Å². The van der Waals surface area contributed by atoms with Crippen molar-refractivity contribution in [3.63, 3.8) is 0 Å². The van der Waals surface area contributed by atoms with Crippen LogP contribution in [0.4, 0.5) is 0 Å². The Morgan fingerprint density at radius 3 is 2.25 bits per heavy atom. The number of rotatable bonds is 3. The van der Waals surface area contributed by atoms with Crippen LogP contribution in [0.15, 0.2) is 43.0 Å². The Morgan fingerprint density at radius 1 is 1.06 bits per heavy atom. The molecule has 0 spiro atoms. The molecule has 1 atom stereocenters. The topological polar surface area (TPSA) is 61.0 Å². The van der Waals surface area contributed by atoms with Crippen LogP contribution in [0.25, 0.3) is 0 Å². The highest BCUT2D eigenvalue weighted by Gasteiger charge is 2.00. The molecule has 1 aromatic heterocycles. The maximum absolute atomic E-state index is 5.76. The van der Waals surface area contributed by atoms with Crippen molar-refractivity contribution in [2.24, 2.45) is 5.73 Å². The number of aromatic nitrogens is 2. The van der Waals surface area contributed by atoms with Crippen LogP contribution in [0.2, 0.25) is 0 Å². The number of nitrogens with zero attached hydrogens (tertiary/aromatic N) is 2. The summed E-state index contributed by atoms with van der Waals surface area (Å²) in [5.74, 6) is 1.37. The summed E-state index contributed by atoms with van der Waals surface area (Å²) in [6, 6.07) is 7.69. The van der Waals surface area contributed by atoms with Gasteiger partial charge >= 0.3 is 0 Å². The molecule has 1 aromatic carbocycles. The maximum atomic E-state index is 5.76. The standard InChI is InChI=1S/C12H13N3O/c1-9(13)10-2-4-11(5-3-10)16-12-6-14-8-15-7-12/h2-9H,13H2,1H3/t9-/m0/s1. The Hall–Kier alpha value is -1.94. The van der Waals surface area contributed by atoms with Crippen LogP contribution in [0.5, 0.6) is 11.5 Å². The molecule has 0 aliphatic heterocycles. The summed E-state index contributed by atoms with van der Waals surface area (Å²) in [4.78, 5) is 7.74. The lowest BCUT2D eigenvalue weighted by atomic mass is 10.1. The van der Waals surface area contributed by atoms with Crippen LogP contribution in [0.3, 0.4) is 0 Å². The Labute approximate surface area is 94.1 Å². The molecule has 2 aromatic rings. The van der Waals surface area contributed by atoms with Crippen molar-refractivity contribution in [3.8, 4) is 11.5 Å². The summed E-state index contributed by atoms with van der Waals surface area (Å²) >= 11 is 0. The maximum Gasteiger partial charge on any atom is 0.163 e. The third-order valence-electron chi connectivity index (χ3n) is 2.18. The lowest BCUT2D eigenvalue weighted by molar-refractivity contribution is 0.477. The second-order valence-corrected chi connectivity index (χ2v) is 3.53. The molecule has 1 heterocycles. The SMILES string of the molecule is C[C@H](N)c1ccc(Oc2cncnc2)cc1. The van der Waals surface area contributed by atoms with E-state index in [0.29, 0.717) is 5.75 Å². The molecule has 82 valence electrons. The molecular weight excluding hydrogens is 202 g/mol. The first-order valence-electron chi connectivity index (χ1n) is 5.04. The van der Waals surface area contributed by atoms with Crippen molar-refractivity contribution in [2.45, 2.75) is 13.0 Å². The molecule has 0 amide bonds. The average Bonchev–Trinajstić information content (AvgIpc) is 2.31. The zero-order valence-corrected chi connectivity index (χ0v) is 9.00. The molecule has 0 radical (unpaired) electrons. The number of nitrogens with two attached hydrogens (primary N) is 1. The fraction of sp³-hybridized carbons (Fsp3) is 0.167. The summed E-state index contributed by atoms with van der Waals surface area (Å²) < 4.78 is 5.55. The van der Waals surface area contributed by atoms with Crippen LogP contribution in [0.1, 0.15) is 18.5 Å². The van der Waals surface area contributed by atoms with Gasteiger partial charge in [-0.25, -0.2) is 9.97 Å². The predicted molar refractivity (Wildman–Crippen MR) is 61.2 cm³/mol. The molecule has 2 N–H and O–H groups in total. The first-order valence-corrected chi connectivity index (χ1v) is 5.04. The third-order valence-corrected chi connectivity index (χ3v) is 2.18. The van der Waals surface area contributed by atoms with Gasteiger partial charge in [0, 0.05) is 6.04 Å². The first-order chi connectivity index (χ1) is 7.75. The van der Waals surface area contributed by atoms with Crippen molar-refractivity contribution in [2.75, 3.05) is 0 Å². The molecule has 2 rings (SSSR count). The fourth-order valence-electron chi connectivity index (χ4n) is 1.31. The highest BCUT2D eigenvalue weighted by molar-refractivity contribution is 5.31. The second kappa shape index (κ2) is 4.72. The molecule has 0 aliphatic rings. The quantitative estimate of drug-likeness (QED) is 0.853. The minimum Gasteiger partial charge on any atom is -0.454 e. The summed E-state index contributed by atoms with van der Waals surface area (Å²) in [5, 5.41) is 0. The number of ether oxygens (including phenoxy) is 1. The van der Waals surface area contributed by atoms with E-state index in [9.17, 15) is 0 Å². The number of hydrogen-bond acceptors (Lipinski definition) is 4. The van der Waals surface area contributed by atoms with Gasteiger partial charge in [0.25, 0.3) is 0 Å². The number of benzene rings is 1. The molecule has 0 aliphatic carbocycles. The molecule has 4 heteroatoms. The van der Waals surface area contributed by atoms with Gasteiger partial charge in [0.1, 0.15) is 12.1 Å². The summed E-state index contributed by atoms with van der Waals surface area (Å²) in [6.45, 7) is 1.95. The van der Waals surface area contributed by atoms with Crippen LogP contribution in [0, 0.1) is 0 Å². The van der Waals surface area contributed by atoms with Crippen LogP contribution >= 0.6 is 0 Å². The third kappa shape index (κ3) is 2.55. The van der Waals surface area contributed by atoms with E-state index >= 15 is 0 Å². The molecule has 0 unspecified atom stereocenters.